The Kier molecular flexibility index (Phi) is 4.16. The van der Waals surface area contributed by atoms with E-state index in [1.165, 1.54) is 11.3 Å². The van der Waals surface area contributed by atoms with Gasteiger partial charge < -0.3 is 15.5 Å². The van der Waals surface area contributed by atoms with Crippen LogP contribution in [0.5, 0.6) is 0 Å². The van der Waals surface area contributed by atoms with Crippen molar-refractivity contribution in [3.8, 4) is 0 Å². The molecule has 22 heavy (non-hydrogen) atoms. The highest BCUT2D eigenvalue weighted by atomic mass is 32.1. The molecule has 2 atom stereocenters. The number of hydrogen-bond acceptors (Lipinski definition) is 5. The molecular weight excluding hydrogens is 300 g/mol. The molecule has 0 aliphatic heterocycles. The second-order valence-corrected chi connectivity index (χ2v) is 6.95. The zero-order chi connectivity index (χ0) is 15.7. The highest BCUT2D eigenvalue weighted by Crippen LogP contribution is 2.35. The van der Waals surface area contributed by atoms with Gasteiger partial charge >= 0.3 is 0 Å². The van der Waals surface area contributed by atoms with Gasteiger partial charge in [-0.1, -0.05) is 19.1 Å². The second-order valence-electron chi connectivity index (χ2n) is 5.89. The number of fused-ring (bicyclic) bond motifs is 1. The van der Waals surface area contributed by atoms with Crippen molar-refractivity contribution >= 4 is 27.5 Å². The molecule has 5 nitrogen and oxygen atoms in total. The maximum Gasteiger partial charge on any atom is 0.252 e. The van der Waals surface area contributed by atoms with Crippen LogP contribution in [0.15, 0.2) is 24.3 Å². The first-order chi connectivity index (χ1) is 10.5. The van der Waals surface area contributed by atoms with Crippen molar-refractivity contribution in [1.82, 2.24) is 10.3 Å². The van der Waals surface area contributed by atoms with Crippen molar-refractivity contribution in [2.75, 3.05) is 0 Å². The van der Waals surface area contributed by atoms with Crippen LogP contribution in [0.3, 0.4) is 0 Å². The van der Waals surface area contributed by atoms with Gasteiger partial charge in [-0.15, -0.1) is 11.3 Å². The van der Waals surface area contributed by atoms with E-state index in [2.05, 4.69) is 10.3 Å². The van der Waals surface area contributed by atoms with E-state index >= 15 is 0 Å². The van der Waals surface area contributed by atoms with Crippen LogP contribution in [0.1, 0.15) is 43.7 Å². The van der Waals surface area contributed by atoms with Crippen LogP contribution in [0, 0.1) is 0 Å². The van der Waals surface area contributed by atoms with E-state index in [1.807, 2.05) is 31.2 Å². The molecule has 6 heteroatoms. The number of benzene rings is 1. The largest absolute Gasteiger partial charge is 0.383 e. The number of hydrogen-bond donors (Lipinski definition) is 3. The number of aromatic nitrogens is 1. The fourth-order valence-electron chi connectivity index (χ4n) is 2.80. The third kappa shape index (κ3) is 2.74. The fourth-order valence-corrected chi connectivity index (χ4v) is 3.78. The summed E-state index contributed by atoms with van der Waals surface area (Å²) < 4.78 is 0.924. The summed E-state index contributed by atoms with van der Waals surface area (Å²) in [4.78, 5) is 16.5. The van der Waals surface area contributed by atoms with E-state index in [-0.39, 0.29) is 5.54 Å². The summed E-state index contributed by atoms with van der Waals surface area (Å²) in [5, 5.41) is 23.7. The minimum atomic E-state index is -1.50. The van der Waals surface area contributed by atoms with Crippen LogP contribution in [-0.4, -0.2) is 32.7 Å². The maximum absolute atomic E-state index is 12.2. The van der Waals surface area contributed by atoms with Crippen LogP contribution in [0.25, 0.3) is 10.2 Å². The van der Waals surface area contributed by atoms with Gasteiger partial charge in [0.1, 0.15) is 11.1 Å². The predicted octanol–water partition coefficient (Wildman–Crippen LogP) is 2.14. The lowest BCUT2D eigenvalue weighted by atomic mass is 9.74. The third-order valence-corrected chi connectivity index (χ3v) is 5.61. The van der Waals surface area contributed by atoms with Gasteiger partial charge in [0.15, 0.2) is 6.10 Å². The second kappa shape index (κ2) is 5.95. The monoisotopic (exact) mass is 320 g/mol. The number of para-hydroxylation sites is 1. The van der Waals surface area contributed by atoms with E-state index in [0.717, 1.165) is 35.9 Å². The zero-order valence-corrected chi connectivity index (χ0v) is 13.3. The Balaban J connectivity index is 1.73. The van der Waals surface area contributed by atoms with Gasteiger partial charge in [0.25, 0.3) is 5.91 Å². The highest BCUT2D eigenvalue weighted by Gasteiger charge is 2.39. The average Bonchev–Trinajstić information content (AvgIpc) is 2.93. The Morgan fingerprint density at radius 2 is 2.14 bits per heavy atom. The predicted molar refractivity (Wildman–Crippen MR) is 85.6 cm³/mol. The summed E-state index contributed by atoms with van der Waals surface area (Å²) in [5.41, 5.74) is 0.559. The van der Waals surface area contributed by atoms with Crippen LogP contribution in [0.2, 0.25) is 0 Å². The maximum atomic E-state index is 12.2. The van der Waals surface area contributed by atoms with Crippen molar-refractivity contribution < 1.29 is 15.0 Å². The molecule has 0 saturated heterocycles. The number of amides is 1. The molecule has 1 fully saturated rings. The number of aliphatic hydroxyl groups excluding tert-OH is 2. The van der Waals surface area contributed by atoms with Crippen LogP contribution < -0.4 is 5.32 Å². The Morgan fingerprint density at radius 3 is 2.73 bits per heavy atom. The smallest absolute Gasteiger partial charge is 0.252 e. The lowest BCUT2D eigenvalue weighted by Gasteiger charge is -2.42. The van der Waals surface area contributed by atoms with E-state index in [9.17, 15) is 15.0 Å². The minimum Gasteiger partial charge on any atom is -0.383 e. The number of aliphatic hydroxyl groups is 2. The third-order valence-electron chi connectivity index (χ3n) is 4.51. The van der Waals surface area contributed by atoms with E-state index in [1.54, 1.807) is 0 Å². The van der Waals surface area contributed by atoms with E-state index in [4.69, 9.17) is 0 Å². The van der Waals surface area contributed by atoms with E-state index in [0.29, 0.717) is 5.01 Å². The fraction of sp³-hybridized carbons (Fsp3) is 0.500. The molecule has 0 radical (unpaired) electrons. The Labute approximate surface area is 133 Å². The van der Waals surface area contributed by atoms with Gasteiger partial charge in [-0.05, 0) is 37.8 Å². The van der Waals surface area contributed by atoms with Gasteiger partial charge in [-0.3, -0.25) is 4.79 Å². The van der Waals surface area contributed by atoms with E-state index < -0.39 is 18.1 Å². The molecule has 1 heterocycles. The van der Waals surface area contributed by atoms with Crippen molar-refractivity contribution in [3.63, 3.8) is 0 Å². The average molecular weight is 320 g/mol. The highest BCUT2D eigenvalue weighted by molar-refractivity contribution is 7.18. The topological polar surface area (TPSA) is 82.5 Å². The summed E-state index contributed by atoms with van der Waals surface area (Å²) in [6.45, 7) is 2.02. The Morgan fingerprint density at radius 1 is 1.41 bits per heavy atom. The molecule has 118 valence electrons. The molecule has 1 aromatic heterocycles. The van der Waals surface area contributed by atoms with Gasteiger partial charge in [-0.2, -0.15) is 0 Å². The molecule has 3 N–H and O–H groups in total. The summed E-state index contributed by atoms with van der Waals surface area (Å²) in [5.74, 6) is -0.520. The SMILES string of the molecule is CCC1(NC(=O)C(O)C(O)c2nc3ccccc3s2)CCC1. The van der Waals surface area contributed by atoms with Crippen molar-refractivity contribution in [2.24, 2.45) is 0 Å². The van der Waals surface area contributed by atoms with Gasteiger partial charge in [-0.25, -0.2) is 4.98 Å². The quantitative estimate of drug-likeness (QED) is 0.788. The standard InChI is InChI=1S/C16H20N2O3S/c1-2-16(8-5-9-16)18-14(21)12(19)13(20)15-17-10-6-3-4-7-11(10)22-15/h3-4,6-7,12-13,19-20H,2,5,8-9H2,1H3,(H,18,21). The van der Waals surface area contributed by atoms with Gasteiger partial charge in [0, 0.05) is 5.54 Å². The number of carbonyl (C=O) groups excluding carboxylic acids is 1. The first-order valence-corrected chi connectivity index (χ1v) is 8.40. The number of rotatable bonds is 5. The molecule has 0 bridgehead atoms. The molecule has 1 amide bonds. The first kappa shape index (κ1) is 15.4. The molecule has 1 saturated carbocycles. The molecule has 1 aliphatic carbocycles. The Bertz CT molecular complexity index is 642. The first-order valence-electron chi connectivity index (χ1n) is 7.58. The number of nitrogens with one attached hydrogen (secondary N) is 1. The van der Waals surface area contributed by atoms with Crippen molar-refractivity contribution in [1.29, 1.82) is 0 Å². The summed E-state index contributed by atoms with van der Waals surface area (Å²) in [6.07, 6.45) is 0.988. The Hall–Kier alpha value is -1.50. The van der Waals surface area contributed by atoms with Crippen LogP contribution in [0.4, 0.5) is 0 Å². The summed E-state index contributed by atoms with van der Waals surface area (Å²) in [6, 6.07) is 7.50. The lowest BCUT2D eigenvalue weighted by Crippen LogP contribution is -2.56. The normalized spacial score (nSPS) is 19.4. The van der Waals surface area contributed by atoms with Crippen LogP contribution in [-0.2, 0) is 4.79 Å². The number of thiazole rings is 1. The number of carbonyl (C=O) groups is 1. The summed E-state index contributed by atoms with van der Waals surface area (Å²) >= 11 is 1.29. The van der Waals surface area contributed by atoms with Crippen molar-refractivity contribution in [3.05, 3.63) is 29.3 Å². The molecule has 1 aromatic carbocycles. The molecule has 3 rings (SSSR count). The number of nitrogens with zero attached hydrogens (tertiary/aromatic N) is 1. The molecule has 2 unspecified atom stereocenters. The van der Waals surface area contributed by atoms with Crippen molar-refractivity contribution in [2.45, 2.75) is 50.4 Å². The molecule has 2 aromatic rings. The zero-order valence-electron chi connectivity index (χ0n) is 12.5. The molecule has 0 spiro atoms. The lowest BCUT2D eigenvalue weighted by molar-refractivity contribution is -0.138. The van der Waals surface area contributed by atoms with Crippen LogP contribution >= 0.6 is 11.3 Å². The molecule has 1 aliphatic rings. The summed E-state index contributed by atoms with van der Waals surface area (Å²) in [7, 11) is 0. The molecular formula is C16H20N2O3S. The van der Waals surface area contributed by atoms with Gasteiger partial charge in [0.05, 0.1) is 10.2 Å². The van der Waals surface area contributed by atoms with Gasteiger partial charge in [0.2, 0.25) is 0 Å². The minimum absolute atomic E-state index is 0.203.